The molecule has 0 radical (unpaired) electrons. The first kappa shape index (κ1) is 12.5. The van der Waals surface area contributed by atoms with Gasteiger partial charge in [0, 0.05) is 18.0 Å². The van der Waals surface area contributed by atoms with Crippen LogP contribution in [0.15, 0.2) is 36.7 Å². The molecule has 0 saturated heterocycles. The topological polar surface area (TPSA) is 63.8 Å². The number of rotatable bonds is 4. The van der Waals surface area contributed by atoms with E-state index in [1.807, 2.05) is 25.1 Å². The Morgan fingerprint density at radius 1 is 1.33 bits per heavy atom. The van der Waals surface area contributed by atoms with Crippen LogP contribution in [0.3, 0.4) is 0 Å². The fourth-order valence-electron chi connectivity index (χ4n) is 1.96. The van der Waals surface area contributed by atoms with Gasteiger partial charge >= 0.3 is 0 Å². The van der Waals surface area contributed by atoms with E-state index < -0.39 is 0 Å². The number of nitrogens with one attached hydrogen (secondary N) is 1. The first-order valence-corrected chi connectivity index (χ1v) is 6.08. The number of anilines is 1. The van der Waals surface area contributed by atoms with Crippen molar-refractivity contribution < 1.29 is 0 Å². The van der Waals surface area contributed by atoms with E-state index in [1.54, 1.807) is 12.4 Å². The van der Waals surface area contributed by atoms with Crippen molar-refractivity contribution in [1.82, 2.24) is 15.3 Å². The van der Waals surface area contributed by atoms with Crippen molar-refractivity contribution in [2.75, 3.05) is 12.3 Å². The van der Waals surface area contributed by atoms with Gasteiger partial charge < -0.3 is 11.1 Å². The summed E-state index contributed by atoms with van der Waals surface area (Å²) in [5.41, 5.74) is 9.01. The fraction of sp³-hybridized carbons (Fsp3) is 0.286. The van der Waals surface area contributed by atoms with Crippen LogP contribution in [0.5, 0.6) is 0 Å². The van der Waals surface area contributed by atoms with Crippen LogP contribution in [-0.2, 0) is 0 Å². The maximum Gasteiger partial charge on any atom is 0.128 e. The van der Waals surface area contributed by atoms with Gasteiger partial charge in [0.15, 0.2) is 0 Å². The van der Waals surface area contributed by atoms with Crippen molar-refractivity contribution in [2.24, 2.45) is 0 Å². The summed E-state index contributed by atoms with van der Waals surface area (Å²) in [6.45, 7) is 4.92. The van der Waals surface area contributed by atoms with Gasteiger partial charge in [0.25, 0.3) is 0 Å². The van der Waals surface area contributed by atoms with E-state index in [0.29, 0.717) is 5.82 Å². The van der Waals surface area contributed by atoms with E-state index in [2.05, 4.69) is 28.3 Å². The van der Waals surface area contributed by atoms with E-state index in [1.165, 1.54) is 0 Å². The smallest absolute Gasteiger partial charge is 0.128 e. The number of aromatic nitrogens is 2. The van der Waals surface area contributed by atoms with Crippen LogP contribution in [0, 0.1) is 6.92 Å². The van der Waals surface area contributed by atoms with Crippen molar-refractivity contribution in [2.45, 2.75) is 19.9 Å². The van der Waals surface area contributed by atoms with Gasteiger partial charge in [0.05, 0.1) is 11.7 Å². The zero-order valence-corrected chi connectivity index (χ0v) is 10.7. The zero-order valence-electron chi connectivity index (χ0n) is 10.7. The summed E-state index contributed by atoms with van der Waals surface area (Å²) in [5.74, 6) is 0.553. The Labute approximate surface area is 107 Å². The predicted octanol–water partition coefficient (Wildman–Crippen LogP) is 2.07. The Bertz CT molecular complexity index is 510. The van der Waals surface area contributed by atoms with Crippen molar-refractivity contribution in [1.29, 1.82) is 0 Å². The van der Waals surface area contributed by atoms with Crippen LogP contribution in [0.4, 0.5) is 5.82 Å². The van der Waals surface area contributed by atoms with Crippen molar-refractivity contribution in [3.05, 3.63) is 53.5 Å². The molecular formula is C14H18N4. The quantitative estimate of drug-likeness (QED) is 0.861. The standard InChI is InChI=1S/C14H18N4/c1-3-16-13(12-6-4-5-7-17-12)11-8-10(2)9-18-14(11)15/h4-9,13,16H,3H2,1-2H3,(H2,15,18). The Morgan fingerprint density at radius 2 is 2.17 bits per heavy atom. The van der Waals surface area contributed by atoms with Gasteiger partial charge in [-0.05, 0) is 37.2 Å². The molecule has 0 saturated carbocycles. The number of hydrogen-bond acceptors (Lipinski definition) is 4. The van der Waals surface area contributed by atoms with Crippen LogP contribution in [0.1, 0.15) is 29.8 Å². The third kappa shape index (κ3) is 2.65. The molecule has 0 amide bonds. The lowest BCUT2D eigenvalue weighted by molar-refractivity contribution is 0.615. The molecule has 0 aliphatic carbocycles. The number of nitrogens with two attached hydrogens (primary N) is 1. The SMILES string of the molecule is CCNC(c1ccccn1)c1cc(C)cnc1N. The highest BCUT2D eigenvalue weighted by molar-refractivity contribution is 5.46. The van der Waals surface area contributed by atoms with E-state index in [0.717, 1.165) is 23.4 Å². The molecule has 94 valence electrons. The Morgan fingerprint density at radius 3 is 2.83 bits per heavy atom. The number of pyridine rings is 2. The number of hydrogen-bond donors (Lipinski definition) is 2. The molecule has 18 heavy (non-hydrogen) atoms. The van der Waals surface area contributed by atoms with E-state index in [-0.39, 0.29) is 6.04 Å². The summed E-state index contributed by atoms with van der Waals surface area (Å²) in [5, 5.41) is 3.40. The number of nitrogen functional groups attached to an aromatic ring is 1. The molecule has 0 bridgehead atoms. The van der Waals surface area contributed by atoms with Crippen LogP contribution in [0.25, 0.3) is 0 Å². The minimum atomic E-state index is -0.0106. The Kier molecular flexibility index (Phi) is 3.89. The molecule has 0 spiro atoms. The summed E-state index contributed by atoms with van der Waals surface area (Å²) in [7, 11) is 0. The molecule has 4 nitrogen and oxygen atoms in total. The van der Waals surface area contributed by atoms with Gasteiger partial charge in [-0.15, -0.1) is 0 Å². The summed E-state index contributed by atoms with van der Waals surface area (Å²) in [6, 6.07) is 7.93. The lowest BCUT2D eigenvalue weighted by atomic mass is 10.0. The van der Waals surface area contributed by atoms with Gasteiger partial charge in [0.2, 0.25) is 0 Å². The van der Waals surface area contributed by atoms with E-state index >= 15 is 0 Å². The Balaban J connectivity index is 2.44. The summed E-state index contributed by atoms with van der Waals surface area (Å²) < 4.78 is 0. The molecule has 1 atom stereocenters. The molecule has 3 N–H and O–H groups in total. The highest BCUT2D eigenvalue weighted by Crippen LogP contribution is 2.24. The largest absolute Gasteiger partial charge is 0.383 e. The third-order valence-electron chi connectivity index (χ3n) is 2.79. The van der Waals surface area contributed by atoms with Gasteiger partial charge in [-0.3, -0.25) is 4.98 Å². The second-order valence-corrected chi connectivity index (χ2v) is 4.23. The fourth-order valence-corrected chi connectivity index (χ4v) is 1.96. The second-order valence-electron chi connectivity index (χ2n) is 4.23. The Hall–Kier alpha value is -1.94. The van der Waals surface area contributed by atoms with Gasteiger partial charge in [-0.1, -0.05) is 13.0 Å². The minimum absolute atomic E-state index is 0.0106. The molecule has 0 aliphatic rings. The van der Waals surface area contributed by atoms with Gasteiger partial charge in [-0.25, -0.2) is 4.98 Å². The molecular weight excluding hydrogens is 224 g/mol. The molecule has 2 heterocycles. The maximum atomic E-state index is 5.98. The molecule has 0 aromatic carbocycles. The maximum absolute atomic E-state index is 5.98. The average Bonchev–Trinajstić information content (AvgIpc) is 2.40. The lowest BCUT2D eigenvalue weighted by Crippen LogP contribution is -2.24. The molecule has 0 aliphatic heterocycles. The molecule has 2 aromatic heterocycles. The first-order valence-electron chi connectivity index (χ1n) is 6.08. The van der Waals surface area contributed by atoms with E-state index in [9.17, 15) is 0 Å². The van der Waals surface area contributed by atoms with E-state index in [4.69, 9.17) is 5.73 Å². The van der Waals surface area contributed by atoms with Crippen LogP contribution >= 0.6 is 0 Å². The lowest BCUT2D eigenvalue weighted by Gasteiger charge is -2.19. The van der Waals surface area contributed by atoms with Gasteiger partial charge in [0.1, 0.15) is 5.82 Å². The summed E-state index contributed by atoms with van der Waals surface area (Å²) in [4.78, 5) is 8.62. The van der Waals surface area contributed by atoms with Crippen molar-refractivity contribution in [3.8, 4) is 0 Å². The summed E-state index contributed by atoms with van der Waals surface area (Å²) >= 11 is 0. The second kappa shape index (κ2) is 5.60. The third-order valence-corrected chi connectivity index (χ3v) is 2.79. The normalized spacial score (nSPS) is 12.3. The van der Waals surface area contributed by atoms with Crippen molar-refractivity contribution in [3.63, 3.8) is 0 Å². The first-order chi connectivity index (χ1) is 8.72. The van der Waals surface area contributed by atoms with Gasteiger partial charge in [-0.2, -0.15) is 0 Å². The number of aryl methyl sites for hydroxylation is 1. The minimum Gasteiger partial charge on any atom is -0.383 e. The molecule has 2 rings (SSSR count). The molecule has 4 heteroatoms. The van der Waals surface area contributed by atoms with Crippen LogP contribution in [-0.4, -0.2) is 16.5 Å². The molecule has 0 fully saturated rings. The van der Waals surface area contributed by atoms with Crippen LogP contribution in [0.2, 0.25) is 0 Å². The highest BCUT2D eigenvalue weighted by Gasteiger charge is 2.17. The molecule has 1 unspecified atom stereocenters. The zero-order chi connectivity index (χ0) is 13.0. The summed E-state index contributed by atoms with van der Waals surface area (Å²) in [6.07, 6.45) is 3.57. The van der Waals surface area contributed by atoms with Crippen molar-refractivity contribution >= 4 is 5.82 Å². The highest BCUT2D eigenvalue weighted by atomic mass is 15.0. The number of nitrogens with zero attached hydrogens (tertiary/aromatic N) is 2. The van der Waals surface area contributed by atoms with Crippen LogP contribution < -0.4 is 11.1 Å². The molecule has 2 aromatic rings. The predicted molar refractivity (Wildman–Crippen MR) is 73.1 cm³/mol. The monoisotopic (exact) mass is 242 g/mol. The average molecular weight is 242 g/mol.